The van der Waals surface area contributed by atoms with Gasteiger partial charge in [-0.1, -0.05) is 11.3 Å². The number of aromatic nitrogens is 1. The van der Waals surface area contributed by atoms with E-state index in [0.29, 0.717) is 35.1 Å². The number of fused-ring (bicyclic) bond motifs is 1. The zero-order chi connectivity index (χ0) is 17.4. The van der Waals surface area contributed by atoms with Gasteiger partial charge in [-0.25, -0.2) is 4.68 Å². The van der Waals surface area contributed by atoms with Crippen LogP contribution in [0.25, 0.3) is 11.6 Å². The summed E-state index contributed by atoms with van der Waals surface area (Å²) in [5.74, 6) is 0.937. The Morgan fingerprint density at radius 1 is 1.36 bits per heavy atom. The summed E-state index contributed by atoms with van der Waals surface area (Å²) in [6, 6.07) is 5.76. The predicted octanol–water partition coefficient (Wildman–Crippen LogP) is 3.22. The Balaban J connectivity index is 1.72. The molecule has 1 fully saturated rings. The fourth-order valence-corrected chi connectivity index (χ4v) is 4.23. The summed E-state index contributed by atoms with van der Waals surface area (Å²) in [6.45, 7) is 2.67. The third-order valence-electron chi connectivity index (χ3n) is 4.21. The van der Waals surface area contributed by atoms with Crippen LogP contribution in [-0.4, -0.2) is 49.4 Å². The molecule has 0 amide bonds. The monoisotopic (exact) mass is 375 g/mol. The van der Waals surface area contributed by atoms with Gasteiger partial charge in [0.1, 0.15) is 5.75 Å². The van der Waals surface area contributed by atoms with Crippen molar-refractivity contribution in [2.45, 2.75) is 0 Å². The van der Waals surface area contributed by atoms with E-state index in [1.165, 1.54) is 11.3 Å². The molecule has 4 rings (SSSR count). The number of ether oxygens (including phenoxy) is 2. The van der Waals surface area contributed by atoms with E-state index < -0.39 is 0 Å². The lowest BCUT2D eigenvalue weighted by Crippen LogP contribution is -2.43. The van der Waals surface area contributed by atoms with Gasteiger partial charge in [-0.3, -0.25) is 4.99 Å². The van der Waals surface area contributed by atoms with Gasteiger partial charge in [-0.05, 0) is 36.5 Å². The SMILES string of the molecule is COc1ccc2c(c1)C(=Cc1sc(=S)n(N3CCOCC3)c1O)C=N2. The Bertz CT molecular complexity index is 924. The van der Waals surface area contributed by atoms with Gasteiger partial charge < -0.3 is 19.6 Å². The second-order valence-corrected chi connectivity index (χ2v) is 7.35. The van der Waals surface area contributed by atoms with E-state index >= 15 is 0 Å². The second kappa shape index (κ2) is 6.62. The first kappa shape index (κ1) is 16.3. The number of hydrogen-bond donors (Lipinski definition) is 1. The molecule has 25 heavy (non-hydrogen) atoms. The molecule has 6 nitrogen and oxygen atoms in total. The number of thiazole rings is 1. The molecule has 1 N–H and O–H groups in total. The first-order chi connectivity index (χ1) is 12.2. The molecular weight excluding hydrogens is 358 g/mol. The van der Waals surface area contributed by atoms with Crippen LogP contribution >= 0.6 is 23.6 Å². The van der Waals surface area contributed by atoms with Crippen molar-refractivity contribution in [1.29, 1.82) is 0 Å². The highest BCUT2D eigenvalue weighted by molar-refractivity contribution is 7.73. The molecule has 2 aliphatic heterocycles. The first-order valence-corrected chi connectivity index (χ1v) is 9.12. The average Bonchev–Trinajstić information content (AvgIpc) is 3.16. The van der Waals surface area contributed by atoms with Crippen molar-refractivity contribution in [3.8, 4) is 11.6 Å². The highest BCUT2D eigenvalue weighted by Gasteiger charge is 2.20. The summed E-state index contributed by atoms with van der Waals surface area (Å²) in [6.07, 6.45) is 3.72. The van der Waals surface area contributed by atoms with E-state index in [4.69, 9.17) is 21.7 Å². The second-order valence-electron chi connectivity index (χ2n) is 5.67. The molecule has 0 unspecified atom stereocenters. The van der Waals surface area contributed by atoms with Crippen LogP contribution in [0.15, 0.2) is 23.2 Å². The Morgan fingerprint density at radius 2 is 2.16 bits per heavy atom. The van der Waals surface area contributed by atoms with Gasteiger partial charge in [-0.2, -0.15) is 0 Å². The highest BCUT2D eigenvalue weighted by atomic mass is 32.1. The smallest absolute Gasteiger partial charge is 0.230 e. The number of benzene rings is 1. The van der Waals surface area contributed by atoms with E-state index in [2.05, 4.69) is 4.99 Å². The molecule has 1 saturated heterocycles. The third-order valence-corrected chi connectivity index (χ3v) is 5.50. The third kappa shape index (κ3) is 2.97. The summed E-state index contributed by atoms with van der Waals surface area (Å²) in [5, 5.41) is 12.7. The maximum Gasteiger partial charge on any atom is 0.230 e. The van der Waals surface area contributed by atoms with E-state index in [-0.39, 0.29) is 5.88 Å². The molecule has 8 heteroatoms. The quantitative estimate of drug-likeness (QED) is 0.835. The van der Waals surface area contributed by atoms with Crippen molar-refractivity contribution in [2.24, 2.45) is 4.99 Å². The molecule has 3 heterocycles. The minimum Gasteiger partial charge on any atom is -0.497 e. The van der Waals surface area contributed by atoms with Gasteiger partial charge in [0.2, 0.25) is 5.88 Å². The van der Waals surface area contributed by atoms with E-state index in [1.54, 1.807) is 18.0 Å². The van der Waals surface area contributed by atoms with E-state index in [9.17, 15) is 5.11 Å². The molecular formula is C17H17N3O3S2. The van der Waals surface area contributed by atoms with Crippen LogP contribution in [0, 0.1) is 3.95 Å². The summed E-state index contributed by atoms with van der Waals surface area (Å²) in [7, 11) is 1.64. The normalized spacial score (nSPS) is 18.0. The number of aliphatic imine (C=N–C) groups is 1. The van der Waals surface area contributed by atoms with Crippen molar-refractivity contribution in [3.63, 3.8) is 0 Å². The number of aromatic hydroxyl groups is 1. The van der Waals surface area contributed by atoms with Gasteiger partial charge in [0.15, 0.2) is 3.95 Å². The van der Waals surface area contributed by atoms with Crippen LogP contribution in [-0.2, 0) is 4.74 Å². The number of methoxy groups -OCH3 is 1. The number of nitrogens with zero attached hydrogens (tertiary/aromatic N) is 3. The molecule has 0 saturated carbocycles. The molecule has 0 radical (unpaired) electrons. The van der Waals surface area contributed by atoms with Gasteiger partial charge >= 0.3 is 0 Å². The van der Waals surface area contributed by atoms with Crippen LogP contribution in [0.2, 0.25) is 0 Å². The van der Waals surface area contributed by atoms with Gasteiger partial charge in [0, 0.05) is 17.4 Å². The Kier molecular flexibility index (Phi) is 4.32. The van der Waals surface area contributed by atoms with Crippen molar-refractivity contribution < 1.29 is 14.6 Å². The molecule has 130 valence electrons. The zero-order valence-electron chi connectivity index (χ0n) is 13.6. The number of hydrogen-bond acceptors (Lipinski definition) is 7. The molecule has 2 aromatic rings. The lowest BCUT2D eigenvalue weighted by Gasteiger charge is -2.29. The fourth-order valence-electron chi connectivity index (χ4n) is 2.92. The standard InChI is InChI=1S/C17H17N3O3S2/c1-22-12-2-3-14-13(9-12)11(10-18-14)8-15-16(21)20(17(24)25-15)19-4-6-23-7-5-19/h2-3,8-10,21H,4-7H2,1H3. The van der Waals surface area contributed by atoms with Crippen LogP contribution in [0.1, 0.15) is 10.4 Å². The van der Waals surface area contributed by atoms with Crippen LogP contribution < -0.4 is 9.75 Å². The van der Waals surface area contributed by atoms with Gasteiger partial charge in [0.05, 0.1) is 44.0 Å². The largest absolute Gasteiger partial charge is 0.497 e. The molecule has 1 aromatic carbocycles. The van der Waals surface area contributed by atoms with E-state index in [0.717, 1.165) is 22.6 Å². The molecule has 0 atom stereocenters. The van der Waals surface area contributed by atoms with Gasteiger partial charge in [0.25, 0.3) is 0 Å². The molecule has 0 spiro atoms. The van der Waals surface area contributed by atoms with Crippen LogP contribution in [0.4, 0.5) is 5.69 Å². The number of morpholine rings is 1. The summed E-state index contributed by atoms with van der Waals surface area (Å²) in [4.78, 5) is 5.13. The summed E-state index contributed by atoms with van der Waals surface area (Å²) < 4.78 is 13.0. The maximum absolute atomic E-state index is 10.7. The van der Waals surface area contributed by atoms with Crippen molar-refractivity contribution in [1.82, 2.24) is 4.68 Å². The van der Waals surface area contributed by atoms with E-state index in [1.807, 2.05) is 29.3 Å². The van der Waals surface area contributed by atoms with Crippen molar-refractivity contribution in [3.05, 3.63) is 32.6 Å². The lowest BCUT2D eigenvalue weighted by molar-refractivity contribution is 0.109. The van der Waals surface area contributed by atoms with Crippen LogP contribution in [0.5, 0.6) is 11.6 Å². The Labute approximate surface area is 154 Å². The molecule has 0 bridgehead atoms. The topological polar surface area (TPSA) is 59.2 Å². The first-order valence-electron chi connectivity index (χ1n) is 7.89. The predicted molar refractivity (Wildman–Crippen MR) is 103 cm³/mol. The van der Waals surface area contributed by atoms with Crippen molar-refractivity contribution in [2.75, 3.05) is 38.4 Å². The summed E-state index contributed by atoms with van der Waals surface area (Å²) >= 11 is 6.84. The highest BCUT2D eigenvalue weighted by Crippen LogP contribution is 2.37. The molecule has 1 aromatic heterocycles. The minimum absolute atomic E-state index is 0.161. The summed E-state index contributed by atoms with van der Waals surface area (Å²) in [5.41, 5.74) is 2.80. The average molecular weight is 375 g/mol. The molecule has 2 aliphatic rings. The van der Waals surface area contributed by atoms with Crippen LogP contribution in [0.3, 0.4) is 0 Å². The Morgan fingerprint density at radius 3 is 2.92 bits per heavy atom. The zero-order valence-corrected chi connectivity index (χ0v) is 15.3. The lowest BCUT2D eigenvalue weighted by atomic mass is 10.1. The number of allylic oxidation sites excluding steroid dienone is 1. The maximum atomic E-state index is 10.7. The van der Waals surface area contributed by atoms with Gasteiger partial charge in [-0.15, -0.1) is 0 Å². The Hall–Kier alpha value is -2.16. The minimum atomic E-state index is 0.161. The fraction of sp³-hybridized carbons (Fsp3) is 0.294. The number of rotatable bonds is 3. The van der Waals surface area contributed by atoms with Crippen molar-refractivity contribution >= 4 is 47.1 Å². The molecule has 0 aliphatic carbocycles.